The average Bonchev–Trinajstić information content (AvgIpc) is 3.41. The Morgan fingerprint density at radius 1 is 1.17 bits per heavy atom. The molecule has 1 aromatic heterocycles. The summed E-state index contributed by atoms with van der Waals surface area (Å²) >= 11 is 1.60. The van der Waals surface area contributed by atoms with Crippen molar-refractivity contribution < 1.29 is 19.1 Å². The molecule has 230 valence electrons. The van der Waals surface area contributed by atoms with Gasteiger partial charge in [-0.25, -0.2) is 4.98 Å². The second-order valence-electron chi connectivity index (χ2n) is 11.9. The van der Waals surface area contributed by atoms with E-state index >= 15 is 0 Å². The van der Waals surface area contributed by atoms with E-state index in [0.29, 0.717) is 50.5 Å². The van der Waals surface area contributed by atoms with Crippen LogP contribution in [0.15, 0.2) is 30.4 Å². The molecule has 9 heteroatoms. The molecule has 4 rings (SSSR count). The van der Waals surface area contributed by atoms with E-state index < -0.39 is 5.92 Å². The fraction of sp³-hybridized carbons (Fsp3) is 0.636. The molecular formula is C33H48N4O4S. The number of carbonyl (C=O) groups excluding carboxylic acids is 3. The molecule has 2 amide bonds. The van der Waals surface area contributed by atoms with Gasteiger partial charge in [-0.2, -0.15) is 0 Å². The third-order valence-electron chi connectivity index (χ3n) is 8.73. The monoisotopic (exact) mass is 596 g/mol. The maximum atomic E-state index is 13.8. The lowest BCUT2D eigenvalue weighted by Gasteiger charge is -2.29. The SMILES string of the molecule is C=C(CN1CCOCC1)C(=O)CC[C@H](CC1CCCCC1)NC(=O)[C@@H](CC(=O)NC)Cc1nc2ccc(CC)cc2s1. The molecule has 2 atom stereocenters. The van der Waals surface area contributed by atoms with Crippen LogP contribution in [0.25, 0.3) is 10.2 Å². The molecule has 0 bridgehead atoms. The quantitative estimate of drug-likeness (QED) is 0.285. The lowest BCUT2D eigenvalue weighted by molar-refractivity contribution is -0.130. The van der Waals surface area contributed by atoms with Crippen molar-refractivity contribution in [2.45, 2.75) is 83.6 Å². The molecule has 0 unspecified atom stereocenters. The molecule has 1 aliphatic heterocycles. The first-order valence-electron chi connectivity index (χ1n) is 15.7. The van der Waals surface area contributed by atoms with Gasteiger partial charge in [0.2, 0.25) is 11.8 Å². The minimum Gasteiger partial charge on any atom is -0.379 e. The number of ether oxygens (including phenoxy) is 1. The molecule has 2 heterocycles. The summed E-state index contributed by atoms with van der Waals surface area (Å²) in [5, 5.41) is 6.83. The number of hydrogen-bond donors (Lipinski definition) is 2. The number of Topliss-reactive ketones (excluding diaryl/α,β-unsaturated/α-hetero) is 1. The zero-order chi connectivity index (χ0) is 29.9. The molecule has 2 aliphatic rings. The first-order valence-corrected chi connectivity index (χ1v) is 16.6. The smallest absolute Gasteiger partial charge is 0.224 e. The highest BCUT2D eigenvalue weighted by atomic mass is 32.1. The van der Waals surface area contributed by atoms with Crippen molar-refractivity contribution in [3.63, 3.8) is 0 Å². The number of fused-ring (bicyclic) bond motifs is 1. The summed E-state index contributed by atoms with van der Waals surface area (Å²) in [6.45, 7) is 9.77. The summed E-state index contributed by atoms with van der Waals surface area (Å²) in [5.41, 5.74) is 2.81. The van der Waals surface area contributed by atoms with Crippen molar-refractivity contribution in [2.24, 2.45) is 11.8 Å². The van der Waals surface area contributed by atoms with Crippen molar-refractivity contribution in [1.29, 1.82) is 0 Å². The summed E-state index contributed by atoms with van der Waals surface area (Å²) in [7, 11) is 1.60. The Labute approximate surface area is 254 Å². The Balaban J connectivity index is 1.42. The van der Waals surface area contributed by atoms with Gasteiger partial charge in [-0.05, 0) is 42.9 Å². The Morgan fingerprint density at radius 3 is 2.64 bits per heavy atom. The molecular weight excluding hydrogens is 548 g/mol. The predicted octanol–water partition coefficient (Wildman–Crippen LogP) is 4.85. The molecule has 2 fully saturated rings. The van der Waals surface area contributed by atoms with E-state index in [1.807, 2.05) is 6.07 Å². The predicted molar refractivity (Wildman–Crippen MR) is 169 cm³/mol. The maximum Gasteiger partial charge on any atom is 0.224 e. The minimum atomic E-state index is -0.531. The van der Waals surface area contributed by atoms with Crippen molar-refractivity contribution in [3.05, 3.63) is 40.9 Å². The molecule has 1 aliphatic carbocycles. The van der Waals surface area contributed by atoms with Crippen LogP contribution in [-0.4, -0.2) is 73.4 Å². The van der Waals surface area contributed by atoms with E-state index in [-0.39, 0.29) is 30.1 Å². The van der Waals surface area contributed by atoms with E-state index in [0.717, 1.165) is 54.0 Å². The second kappa shape index (κ2) is 16.3. The third-order valence-corrected chi connectivity index (χ3v) is 9.77. The zero-order valence-electron chi connectivity index (χ0n) is 25.4. The Hall–Kier alpha value is -2.62. The Bertz CT molecular complexity index is 1220. The number of rotatable bonds is 15. The molecule has 1 saturated heterocycles. The molecule has 2 N–H and O–H groups in total. The van der Waals surface area contributed by atoms with Crippen LogP contribution in [-0.2, 0) is 32.0 Å². The highest BCUT2D eigenvalue weighted by molar-refractivity contribution is 7.18. The second-order valence-corrected chi connectivity index (χ2v) is 13.1. The summed E-state index contributed by atoms with van der Waals surface area (Å²) in [5.74, 6) is -0.218. The number of carbonyl (C=O) groups is 3. The van der Waals surface area contributed by atoms with E-state index in [1.165, 1.54) is 24.8 Å². The first-order chi connectivity index (χ1) is 20.3. The van der Waals surface area contributed by atoms with Gasteiger partial charge in [0.1, 0.15) is 0 Å². The lowest BCUT2D eigenvalue weighted by Crippen LogP contribution is -2.42. The zero-order valence-corrected chi connectivity index (χ0v) is 26.2. The standard InChI is InChI=1S/C33H48N4O4S/c1-4-24-10-12-28-30(19-24)42-32(36-28)21-26(20-31(39)34-3)33(40)35-27(18-25-8-6-5-7-9-25)11-13-29(38)23(2)22-37-14-16-41-17-15-37/h10,12,19,25-27H,2,4-9,11,13-18,20-22H2,1,3H3,(H,34,39)(H,35,40)/t26-,27+/m0/s1. The van der Waals surface area contributed by atoms with Crippen molar-refractivity contribution >= 4 is 39.2 Å². The van der Waals surface area contributed by atoms with Crippen LogP contribution >= 0.6 is 11.3 Å². The molecule has 1 saturated carbocycles. The van der Waals surface area contributed by atoms with Gasteiger partial charge in [0, 0.05) is 57.6 Å². The first kappa shape index (κ1) is 32.3. The van der Waals surface area contributed by atoms with Crippen LogP contribution in [0, 0.1) is 11.8 Å². The van der Waals surface area contributed by atoms with Crippen LogP contribution in [0.3, 0.4) is 0 Å². The largest absolute Gasteiger partial charge is 0.379 e. The van der Waals surface area contributed by atoms with Crippen LogP contribution < -0.4 is 10.6 Å². The van der Waals surface area contributed by atoms with E-state index in [9.17, 15) is 14.4 Å². The van der Waals surface area contributed by atoms with Gasteiger partial charge in [0.15, 0.2) is 5.78 Å². The topological polar surface area (TPSA) is 101 Å². The number of ketones is 1. The lowest BCUT2D eigenvalue weighted by atomic mass is 9.83. The maximum absolute atomic E-state index is 13.8. The number of amides is 2. The number of benzene rings is 1. The van der Waals surface area contributed by atoms with Gasteiger partial charge in [-0.15, -0.1) is 11.3 Å². The highest BCUT2D eigenvalue weighted by Gasteiger charge is 2.28. The fourth-order valence-electron chi connectivity index (χ4n) is 6.11. The minimum absolute atomic E-state index is 0.0622. The van der Waals surface area contributed by atoms with Crippen LogP contribution in [0.2, 0.25) is 0 Å². The van der Waals surface area contributed by atoms with Crippen molar-refractivity contribution in [1.82, 2.24) is 20.5 Å². The molecule has 0 radical (unpaired) electrons. The van der Waals surface area contributed by atoms with Gasteiger partial charge in [0.25, 0.3) is 0 Å². The average molecular weight is 597 g/mol. The number of thiazole rings is 1. The highest BCUT2D eigenvalue weighted by Crippen LogP contribution is 2.30. The van der Waals surface area contributed by atoms with Crippen molar-refractivity contribution in [2.75, 3.05) is 39.9 Å². The molecule has 42 heavy (non-hydrogen) atoms. The van der Waals surface area contributed by atoms with Crippen molar-refractivity contribution in [3.8, 4) is 0 Å². The van der Waals surface area contributed by atoms with Gasteiger partial charge >= 0.3 is 0 Å². The number of nitrogens with one attached hydrogen (secondary N) is 2. The Morgan fingerprint density at radius 2 is 1.93 bits per heavy atom. The number of aryl methyl sites for hydroxylation is 1. The van der Waals surface area contributed by atoms with Gasteiger partial charge in [-0.3, -0.25) is 19.3 Å². The van der Waals surface area contributed by atoms with Crippen LogP contribution in [0.5, 0.6) is 0 Å². The summed E-state index contributed by atoms with van der Waals surface area (Å²) in [6.07, 6.45) is 9.30. The van der Waals surface area contributed by atoms with E-state index in [1.54, 1.807) is 18.4 Å². The third kappa shape index (κ3) is 9.71. The Kier molecular flexibility index (Phi) is 12.5. The molecule has 0 spiro atoms. The molecule has 2 aromatic rings. The van der Waals surface area contributed by atoms with E-state index in [2.05, 4.69) is 41.2 Å². The van der Waals surface area contributed by atoms with E-state index in [4.69, 9.17) is 9.72 Å². The molecule has 8 nitrogen and oxygen atoms in total. The number of aromatic nitrogens is 1. The van der Waals surface area contributed by atoms with Crippen LogP contribution in [0.4, 0.5) is 0 Å². The normalized spacial score (nSPS) is 18.0. The summed E-state index contributed by atoms with van der Waals surface area (Å²) in [4.78, 5) is 46.3. The molecule has 1 aromatic carbocycles. The summed E-state index contributed by atoms with van der Waals surface area (Å²) in [6, 6.07) is 6.17. The van der Waals surface area contributed by atoms with Gasteiger partial charge < -0.3 is 15.4 Å². The number of morpholine rings is 1. The van der Waals surface area contributed by atoms with Gasteiger partial charge in [-0.1, -0.05) is 51.7 Å². The number of nitrogens with zero attached hydrogens (tertiary/aromatic N) is 2. The van der Waals surface area contributed by atoms with Crippen LogP contribution in [0.1, 0.15) is 75.3 Å². The number of hydrogen-bond acceptors (Lipinski definition) is 7. The summed E-state index contributed by atoms with van der Waals surface area (Å²) < 4.78 is 6.52. The van der Waals surface area contributed by atoms with Gasteiger partial charge in [0.05, 0.1) is 34.4 Å². The fourth-order valence-corrected chi connectivity index (χ4v) is 7.22.